The lowest BCUT2D eigenvalue weighted by Gasteiger charge is -2.08. The molecular weight excluding hydrogens is 396 g/mol. The predicted octanol–water partition coefficient (Wildman–Crippen LogP) is 0.951. The lowest BCUT2D eigenvalue weighted by molar-refractivity contribution is -0.155. The Labute approximate surface area is 171 Å². The Hall–Kier alpha value is -4.08. The number of nitrogen functional groups attached to an aromatic ring is 2. The van der Waals surface area contributed by atoms with Crippen molar-refractivity contribution in [3.63, 3.8) is 0 Å². The Kier molecular flexibility index (Phi) is 8.18. The van der Waals surface area contributed by atoms with Crippen LogP contribution in [-0.2, 0) is 28.5 Å². The number of esters is 4. The fraction of sp³-hybridized carbons (Fsp3) is 0.200. The van der Waals surface area contributed by atoms with E-state index in [2.05, 4.69) is 0 Å². The number of nitrogens with two attached hydrogens (primary N) is 2. The van der Waals surface area contributed by atoms with Crippen molar-refractivity contribution in [2.24, 2.45) is 0 Å². The third kappa shape index (κ3) is 7.50. The first-order valence-corrected chi connectivity index (χ1v) is 8.71. The van der Waals surface area contributed by atoms with Crippen molar-refractivity contribution in [2.75, 3.05) is 37.9 Å². The van der Waals surface area contributed by atoms with Gasteiger partial charge in [0.05, 0.1) is 11.1 Å². The van der Waals surface area contributed by atoms with Gasteiger partial charge in [-0.15, -0.1) is 0 Å². The second-order valence-corrected chi connectivity index (χ2v) is 5.84. The van der Waals surface area contributed by atoms with E-state index in [0.29, 0.717) is 11.4 Å². The SMILES string of the molecule is Nc1ccc(C(=O)OCC(=O)OCCOC(=O)COC(=O)c2ccc(N)cc2)cc1. The topological polar surface area (TPSA) is 157 Å². The molecule has 0 bridgehead atoms. The summed E-state index contributed by atoms with van der Waals surface area (Å²) >= 11 is 0. The van der Waals surface area contributed by atoms with E-state index in [0.717, 1.165) is 0 Å². The van der Waals surface area contributed by atoms with Gasteiger partial charge in [-0.25, -0.2) is 19.2 Å². The molecule has 0 aliphatic carbocycles. The van der Waals surface area contributed by atoms with Crippen molar-refractivity contribution >= 4 is 35.3 Å². The van der Waals surface area contributed by atoms with E-state index in [4.69, 9.17) is 30.4 Å². The van der Waals surface area contributed by atoms with Gasteiger partial charge in [0.25, 0.3) is 0 Å². The first-order valence-electron chi connectivity index (χ1n) is 8.71. The highest BCUT2D eigenvalue weighted by Crippen LogP contribution is 2.07. The molecule has 10 heteroatoms. The molecule has 0 spiro atoms. The molecule has 0 aliphatic rings. The molecule has 0 radical (unpaired) electrons. The second kappa shape index (κ2) is 11.1. The van der Waals surface area contributed by atoms with Crippen molar-refractivity contribution < 1.29 is 38.1 Å². The van der Waals surface area contributed by atoms with Crippen LogP contribution in [0.15, 0.2) is 48.5 Å². The van der Waals surface area contributed by atoms with E-state index in [1.807, 2.05) is 0 Å². The minimum Gasteiger partial charge on any atom is -0.460 e. The molecular formula is C20H20N2O8. The third-order valence-corrected chi connectivity index (χ3v) is 3.54. The fourth-order valence-corrected chi connectivity index (χ4v) is 2.05. The molecule has 30 heavy (non-hydrogen) atoms. The standard InChI is InChI=1S/C20H20N2O8/c21-15-5-1-13(2-6-15)19(25)29-11-17(23)27-9-10-28-18(24)12-30-20(26)14-3-7-16(22)8-4-14/h1-8H,9-12,21-22H2. The minimum absolute atomic E-state index is 0.236. The number of benzene rings is 2. The molecule has 0 unspecified atom stereocenters. The van der Waals surface area contributed by atoms with Crippen LogP contribution in [0.2, 0.25) is 0 Å². The number of anilines is 2. The van der Waals surface area contributed by atoms with Crippen molar-refractivity contribution in [2.45, 2.75) is 0 Å². The number of rotatable bonds is 9. The van der Waals surface area contributed by atoms with Gasteiger partial charge in [-0.3, -0.25) is 0 Å². The summed E-state index contributed by atoms with van der Waals surface area (Å²) in [5, 5.41) is 0. The van der Waals surface area contributed by atoms with E-state index < -0.39 is 37.1 Å². The first kappa shape index (κ1) is 22.2. The van der Waals surface area contributed by atoms with Gasteiger partial charge in [-0.1, -0.05) is 0 Å². The molecule has 0 aliphatic heterocycles. The molecule has 10 nitrogen and oxygen atoms in total. The minimum atomic E-state index is -0.815. The highest BCUT2D eigenvalue weighted by atomic mass is 16.6. The van der Waals surface area contributed by atoms with Crippen molar-refractivity contribution in [3.8, 4) is 0 Å². The van der Waals surface area contributed by atoms with Crippen molar-refractivity contribution in [1.82, 2.24) is 0 Å². The maximum atomic E-state index is 11.7. The van der Waals surface area contributed by atoms with Gasteiger partial charge in [0.1, 0.15) is 13.2 Å². The summed E-state index contributed by atoms with van der Waals surface area (Å²) in [4.78, 5) is 46.5. The number of carbonyl (C=O) groups excluding carboxylic acids is 4. The highest BCUT2D eigenvalue weighted by Gasteiger charge is 2.13. The van der Waals surface area contributed by atoms with Gasteiger partial charge < -0.3 is 30.4 Å². The largest absolute Gasteiger partial charge is 0.460 e. The van der Waals surface area contributed by atoms with E-state index in [-0.39, 0.29) is 24.3 Å². The average molecular weight is 416 g/mol. The Morgan fingerprint density at radius 2 is 0.900 bits per heavy atom. The molecule has 0 amide bonds. The molecule has 2 rings (SSSR count). The van der Waals surface area contributed by atoms with Crippen molar-refractivity contribution in [1.29, 1.82) is 0 Å². The summed E-state index contributed by atoms with van der Waals surface area (Å²) < 4.78 is 19.1. The van der Waals surface area contributed by atoms with Gasteiger partial charge in [-0.05, 0) is 48.5 Å². The second-order valence-electron chi connectivity index (χ2n) is 5.84. The quantitative estimate of drug-likeness (QED) is 0.261. The molecule has 0 atom stereocenters. The summed E-state index contributed by atoms with van der Waals surface area (Å²) in [6.07, 6.45) is 0. The van der Waals surface area contributed by atoms with Gasteiger partial charge in [0.2, 0.25) is 0 Å². The molecule has 0 saturated carbocycles. The van der Waals surface area contributed by atoms with Crippen molar-refractivity contribution in [3.05, 3.63) is 59.7 Å². The van der Waals surface area contributed by atoms with E-state index in [9.17, 15) is 19.2 Å². The number of ether oxygens (including phenoxy) is 4. The average Bonchev–Trinajstić information content (AvgIpc) is 2.74. The van der Waals surface area contributed by atoms with Crippen LogP contribution in [0.3, 0.4) is 0 Å². The maximum Gasteiger partial charge on any atom is 0.344 e. The van der Waals surface area contributed by atoms with E-state index >= 15 is 0 Å². The van der Waals surface area contributed by atoms with E-state index in [1.54, 1.807) is 0 Å². The van der Waals surface area contributed by atoms with Gasteiger partial charge in [0, 0.05) is 11.4 Å². The van der Waals surface area contributed by atoms with Crippen LogP contribution in [0.5, 0.6) is 0 Å². The summed E-state index contributed by atoms with van der Waals surface area (Å²) in [6.45, 7) is -1.71. The molecule has 158 valence electrons. The maximum absolute atomic E-state index is 11.7. The van der Waals surface area contributed by atoms with Gasteiger partial charge in [0.15, 0.2) is 13.2 Å². The zero-order valence-corrected chi connectivity index (χ0v) is 15.9. The summed E-state index contributed by atoms with van der Waals surface area (Å²) in [5.74, 6) is -3.04. The predicted molar refractivity (Wildman–Crippen MR) is 104 cm³/mol. The first-order chi connectivity index (χ1) is 14.3. The monoisotopic (exact) mass is 416 g/mol. The van der Waals surface area contributed by atoms with E-state index in [1.165, 1.54) is 48.5 Å². The summed E-state index contributed by atoms with van der Waals surface area (Å²) in [7, 11) is 0. The molecule has 0 heterocycles. The normalized spacial score (nSPS) is 10.0. The molecule has 2 aromatic carbocycles. The lowest BCUT2D eigenvalue weighted by Crippen LogP contribution is -2.21. The van der Waals surface area contributed by atoms with Gasteiger partial charge in [-0.2, -0.15) is 0 Å². The molecule has 0 saturated heterocycles. The molecule has 2 aromatic rings. The molecule has 4 N–H and O–H groups in total. The summed E-state index contributed by atoms with van der Waals surface area (Å²) in [5.41, 5.74) is 12.5. The van der Waals surface area contributed by atoms with Gasteiger partial charge >= 0.3 is 23.9 Å². The van der Waals surface area contributed by atoms with Crippen LogP contribution < -0.4 is 11.5 Å². The zero-order chi connectivity index (χ0) is 21.9. The fourth-order valence-electron chi connectivity index (χ4n) is 2.05. The van der Waals surface area contributed by atoms with Crippen LogP contribution in [0.25, 0.3) is 0 Å². The highest BCUT2D eigenvalue weighted by molar-refractivity contribution is 5.91. The summed E-state index contributed by atoms with van der Waals surface area (Å²) in [6, 6.07) is 11.9. The third-order valence-electron chi connectivity index (χ3n) is 3.54. The molecule has 0 aromatic heterocycles. The lowest BCUT2D eigenvalue weighted by atomic mass is 10.2. The number of hydrogen-bond acceptors (Lipinski definition) is 10. The van der Waals surface area contributed by atoms with Crippen LogP contribution in [0.4, 0.5) is 11.4 Å². The Morgan fingerprint density at radius 1 is 0.567 bits per heavy atom. The molecule has 0 fully saturated rings. The Bertz CT molecular complexity index is 819. The van der Waals surface area contributed by atoms with Crippen LogP contribution >= 0.6 is 0 Å². The zero-order valence-electron chi connectivity index (χ0n) is 15.9. The Morgan fingerprint density at radius 3 is 1.23 bits per heavy atom. The smallest absolute Gasteiger partial charge is 0.344 e. The van der Waals surface area contributed by atoms with Crippen LogP contribution in [-0.4, -0.2) is 50.3 Å². The Balaban J connectivity index is 1.57. The number of hydrogen-bond donors (Lipinski definition) is 2. The van der Waals surface area contributed by atoms with Crippen LogP contribution in [0.1, 0.15) is 20.7 Å². The van der Waals surface area contributed by atoms with Crippen LogP contribution in [0, 0.1) is 0 Å². The number of carbonyl (C=O) groups is 4.